The van der Waals surface area contributed by atoms with Crippen molar-refractivity contribution in [2.75, 3.05) is 26.4 Å². The van der Waals surface area contributed by atoms with Gasteiger partial charge in [-0.05, 0) is 44.0 Å². The molecule has 0 rings (SSSR count). The second-order valence-electron chi connectivity index (χ2n) is 3.53. The fourth-order valence-electron chi connectivity index (χ4n) is 1.57. The van der Waals surface area contributed by atoms with Crippen molar-refractivity contribution in [1.29, 1.82) is 0 Å². The van der Waals surface area contributed by atoms with Crippen LogP contribution in [0.5, 0.6) is 0 Å². The first kappa shape index (κ1) is 13.9. The van der Waals surface area contributed by atoms with Crippen LogP contribution < -0.4 is 5.32 Å². The van der Waals surface area contributed by atoms with Gasteiger partial charge in [-0.25, -0.2) is 0 Å². The van der Waals surface area contributed by atoms with E-state index in [1.54, 1.807) is 13.3 Å². The lowest BCUT2D eigenvalue weighted by atomic mass is 9.97. The third-order valence-electron chi connectivity index (χ3n) is 2.38. The molecule has 0 aromatic heterocycles. The monoisotopic (exact) mass is 217 g/mol. The predicted molar refractivity (Wildman–Crippen MR) is 66.6 cm³/mol. The zero-order valence-corrected chi connectivity index (χ0v) is 10.5. The zero-order valence-electron chi connectivity index (χ0n) is 9.30. The Hall–Kier alpha value is -0.0700. The quantitative estimate of drug-likeness (QED) is 0.448. The van der Waals surface area contributed by atoms with Gasteiger partial charge in [-0.1, -0.05) is 6.58 Å². The van der Waals surface area contributed by atoms with Crippen molar-refractivity contribution in [2.24, 2.45) is 5.92 Å². The van der Waals surface area contributed by atoms with Gasteiger partial charge in [-0.15, -0.1) is 9.24 Å². The molecule has 0 amide bonds. The highest BCUT2D eigenvalue weighted by molar-refractivity contribution is 7.16. The van der Waals surface area contributed by atoms with Gasteiger partial charge in [-0.3, -0.25) is 0 Å². The Labute approximate surface area is 90.7 Å². The summed E-state index contributed by atoms with van der Waals surface area (Å²) in [5, 5.41) is 3.15. The molecule has 2 nitrogen and oxygen atoms in total. The van der Waals surface area contributed by atoms with Crippen molar-refractivity contribution < 1.29 is 4.74 Å². The third-order valence-corrected chi connectivity index (χ3v) is 2.71. The van der Waals surface area contributed by atoms with Crippen molar-refractivity contribution in [3.05, 3.63) is 12.8 Å². The van der Waals surface area contributed by atoms with Gasteiger partial charge in [-0.2, -0.15) is 0 Å². The first-order valence-corrected chi connectivity index (χ1v) is 6.20. The summed E-state index contributed by atoms with van der Waals surface area (Å²) in [6.45, 7) is 5.58. The summed E-state index contributed by atoms with van der Waals surface area (Å²) < 4.78 is 5.06. The fraction of sp³-hybridized carbons (Fsp3) is 0.818. The largest absolute Gasteiger partial charge is 0.391 e. The Morgan fingerprint density at radius 1 is 1.43 bits per heavy atom. The third kappa shape index (κ3) is 8.52. The van der Waals surface area contributed by atoms with Gasteiger partial charge < -0.3 is 10.1 Å². The van der Waals surface area contributed by atoms with Gasteiger partial charge in [0.1, 0.15) is 0 Å². The summed E-state index contributed by atoms with van der Waals surface area (Å²) in [5.41, 5.74) is 0. The number of ether oxygens (including phenoxy) is 1. The SMILES string of the molecule is C=CNCCC(CCP)CCCOC. The lowest BCUT2D eigenvalue weighted by Crippen LogP contribution is -2.13. The maximum Gasteiger partial charge on any atom is 0.0462 e. The van der Waals surface area contributed by atoms with Crippen LogP contribution in [-0.2, 0) is 4.74 Å². The molecule has 0 aliphatic heterocycles. The van der Waals surface area contributed by atoms with Crippen LogP contribution >= 0.6 is 9.24 Å². The Kier molecular flexibility index (Phi) is 11.0. The highest BCUT2D eigenvalue weighted by Crippen LogP contribution is 2.16. The van der Waals surface area contributed by atoms with Crippen LogP contribution in [0.25, 0.3) is 0 Å². The smallest absolute Gasteiger partial charge is 0.0462 e. The molecule has 0 fully saturated rings. The number of hydrogen-bond donors (Lipinski definition) is 1. The molecular weight excluding hydrogens is 193 g/mol. The van der Waals surface area contributed by atoms with E-state index in [9.17, 15) is 0 Å². The molecule has 1 N–H and O–H groups in total. The average Bonchev–Trinajstić information content (AvgIpc) is 2.18. The molecular formula is C11H24NOP. The number of rotatable bonds is 10. The van der Waals surface area contributed by atoms with Gasteiger partial charge in [0.15, 0.2) is 0 Å². The highest BCUT2D eigenvalue weighted by Gasteiger charge is 2.06. The Morgan fingerprint density at radius 2 is 2.21 bits per heavy atom. The van der Waals surface area contributed by atoms with E-state index in [1.165, 1.54) is 31.8 Å². The topological polar surface area (TPSA) is 21.3 Å². The van der Waals surface area contributed by atoms with Crippen LogP contribution in [0.1, 0.15) is 25.7 Å². The summed E-state index contributed by atoms with van der Waals surface area (Å²) in [5.74, 6) is 0.829. The van der Waals surface area contributed by atoms with E-state index in [1.807, 2.05) is 0 Å². The first-order valence-electron chi connectivity index (χ1n) is 5.38. The predicted octanol–water partition coefficient (Wildman–Crippen LogP) is 2.42. The summed E-state index contributed by atoms with van der Waals surface area (Å²) >= 11 is 0. The fourth-order valence-corrected chi connectivity index (χ4v) is 2.05. The van der Waals surface area contributed by atoms with Crippen LogP contribution in [0.3, 0.4) is 0 Å². The summed E-state index contributed by atoms with van der Waals surface area (Å²) in [4.78, 5) is 0. The minimum atomic E-state index is 0.829. The lowest BCUT2D eigenvalue weighted by Gasteiger charge is -2.15. The standard InChI is InChI=1S/C11H24NOP/c1-3-12-8-6-11(7-10-14)5-4-9-13-2/h3,11-12H,1,4-10,14H2,2H3. The van der Waals surface area contributed by atoms with Gasteiger partial charge in [0.2, 0.25) is 0 Å². The number of hydrogen-bond acceptors (Lipinski definition) is 2. The van der Waals surface area contributed by atoms with E-state index >= 15 is 0 Å². The normalized spacial score (nSPS) is 12.4. The molecule has 0 aromatic carbocycles. The lowest BCUT2D eigenvalue weighted by molar-refractivity contribution is 0.185. The molecule has 0 saturated heterocycles. The summed E-state index contributed by atoms with van der Waals surface area (Å²) in [6, 6.07) is 0. The van der Waals surface area contributed by atoms with Crippen LogP contribution in [0.4, 0.5) is 0 Å². The van der Waals surface area contributed by atoms with Crippen molar-refractivity contribution >= 4 is 9.24 Å². The maximum atomic E-state index is 5.06. The molecule has 84 valence electrons. The second kappa shape index (κ2) is 11.0. The first-order chi connectivity index (χ1) is 6.85. The molecule has 0 radical (unpaired) electrons. The van der Waals surface area contributed by atoms with Crippen molar-refractivity contribution in [2.45, 2.75) is 25.7 Å². The van der Waals surface area contributed by atoms with E-state index < -0.39 is 0 Å². The Bertz CT molecular complexity index is 130. The molecule has 0 saturated carbocycles. The van der Waals surface area contributed by atoms with Gasteiger partial charge in [0.05, 0.1) is 0 Å². The van der Waals surface area contributed by atoms with E-state index in [0.717, 1.165) is 19.1 Å². The van der Waals surface area contributed by atoms with E-state index in [2.05, 4.69) is 21.1 Å². The van der Waals surface area contributed by atoms with E-state index in [-0.39, 0.29) is 0 Å². The van der Waals surface area contributed by atoms with Crippen LogP contribution in [0.2, 0.25) is 0 Å². The van der Waals surface area contributed by atoms with Crippen molar-refractivity contribution in [3.8, 4) is 0 Å². The molecule has 0 heterocycles. The zero-order chi connectivity index (χ0) is 10.6. The molecule has 0 bridgehead atoms. The van der Waals surface area contributed by atoms with Crippen LogP contribution in [-0.4, -0.2) is 26.4 Å². The second-order valence-corrected chi connectivity index (χ2v) is 4.10. The molecule has 2 atom stereocenters. The molecule has 0 spiro atoms. The van der Waals surface area contributed by atoms with Crippen molar-refractivity contribution in [3.63, 3.8) is 0 Å². The number of methoxy groups -OCH3 is 1. The van der Waals surface area contributed by atoms with Crippen molar-refractivity contribution in [1.82, 2.24) is 5.32 Å². The van der Waals surface area contributed by atoms with Gasteiger partial charge >= 0.3 is 0 Å². The van der Waals surface area contributed by atoms with E-state index in [4.69, 9.17) is 4.74 Å². The molecule has 0 aromatic rings. The molecule has 0 aliphatic rings. The van der Waals surface area contributed by atoms with Crippen LogP contribution in [0, 0.1) is 5.92 Å². The Morgan fingerprint density at radius 3 is 2.79 bits per heavy atom. The molecule has 0 aliphatic carbocycles. The van der Waals surface area contributed by atoms with Gasteiger partial charge in [0, 0.05) is 20.3 Å². The number of nitrogens with one attached hydrogen (secondary N) is 1. The minimum Gasteiger partial charge on any atom is -0.391 e. The van der Waals surface area contributed by atoms with Gasteiger partial charge in [0.25, 0.3) is 0 Å². The average molecular weight is 217 g/mol. The molecule has 14 heavy (non-hydrogen) atoms. The maximum absolute atomic E-state index is 5.06. The summed E-state index contributed by atoms with van der Waals surface area (Å²) in [7, 11) is 4.57. The highest BCUT2D eigenvalue weighted by atomic mass is 31.0. The minimum absolute atomic E-state index is 0.829. The van der Waals surface area contributed by atoms with E-state index in [0.29, 0.717) is 0 Å². The summed E-state index contributed by atoms with van der Waals surface area (Å²) in [6.07, 6.45) is 7.97. The molecule has 3 heteroatoms. The molecule has 2 unspecified atom stereocenters. The van der Waals surface area contributed by atoms with Crippen LogP contribution in [0.15, 0.2) is 12.8 Å². The Balaban J connectivity index is 3.48.